The molecule has 0 aliphatic carbocycles. The summed E-state index contributed by atoms with van der Waals surface area (Å²) < 4.78 is 10.9. The summed E-state index contributed by atoms with van der Waals surface area (Å²) in [5.41, 5.74) is 0.656. The number of halogens is 1. The van der Waals surface area contributed by atoms with Crippen molar-refractivity contribution in [2.45, 2.75) is 25.5 Å². The normalized spacial score (nSPS) is 12.6. The number of carbonyl (C=O) groups excluding carboxylic acids is 1. The zero-order chi connectivity index (χ0) is 12.7. The third-order valence-corrected chi connectivity index (χ3v) is 3.26. The minimum Gasteiger partial charge on any atom is -0.329 e. The van der Waals surface area contributed by atoms with Gasteiger partial charge in [-0.3, -0.25) is 0 Å². The number of benzene rings is 1. The quantitative estimate of drug-likeness (QED) is 0.809. The van der Waals surface area contributed by atoms with Crippen LogP contribution in [0.15, 0.2) is 24.3 Å². The minimum absolute atomic E-state index is 0.229. The van der Waals surface area contributed by atoms with Gasteiger partial charge in [-0.25, -0.2) is 4.79 Å². The van der Waals surface area contributed by atoms with Crippen molar-refractivity contribution < 1.29 is 9.36 Å². The number of anilines is 1. The van der Waals surface area contributed by atoms with Crippen LogP contribution >= 0.6 is 20.1 Å². The van der Waals surface area contributed by atoms with Gasteiger partial charge in [0.05, 0.1) is 14.2 Å². The second kappa shape index (κ2) is 7.36. The standard InChI is InChI=1S/C11H16ClN2O2P/c1-2-3-10(17-16)14-11(15)13-9-6-4-8(12)5-7-9/h4-7,10H,2-3,17H2,1H3,(H2,13,14,15). The van der Waals surface area contributed by atoms with Crippen molar-refractivity contribution in [3.05, 3.63) is 29.3 Å². The van der Waals surface area contributed by atoms with Crippen LogP contribution in [0.3, 0.4) is 0 Å². The summed E-state index contributed by atoms with van der Waals surface area (Å²) in [7, 11) is -1.00. The van der Waals surface area contributed by atoms with E-state index in [4.69, 9.17) is 11.6 Å². The van der Waals surface area contributed by atoms with Crippen molar-refractivity contribution in [2.75, 3.05) is 5.32 Å². The number of urea groups is 1. The molecule has 4 nitrogen and oxygen atoms in total. The topological polar surface area (TPSA) is 58.2 Å². The number of carbonyl (C=O) groups is 1. The Balaban J connectivity index is 2.48. The van der Waals surface area contributed by atoms with Crippen molar-refractivity contribution in [1.29, 1.82) is 0 Å². The Morgan fingerprint density at radius 3 is 2.59 bits per heavy atom. The summed E-state index contributed by atoms with van der Waals surface area (Å²) in [6.07, 6.45) is 1.62. The van der Waals surface area contributed by atoms with Gasteiger partial charge in [-0.1, -0.05) is 24.9 Å². The van der Waals surface area contributed by atoms with Gasteiger partial charge >= 0.3 is 6.03 Å². The summed E-state index contributed by atoms with van der Waals surface area (Å²) in [4.78, 5) is 11.6. The van der Waals surface area contributed by atoms with E-state index >= 15 is 0 Å². The van der Waals surface area contributed by atoms with Gasteiger partial charge in [0, 0.05) is 10.7 Å². The molecule has 0 saturated heterocycles. The summed E-state index contributed by atoms with van der Waals surface area (Å²) in [5, 5.41) is 5.94. The van der Waals surface area contributed by atoms with Crippen molar-refractivity contribution >= 4 is 31.8 Å². The molecule has 0 radical (unpaired) electrons. The first-order chi connectivity index (χ1) is 8.15. The van der Waals surface area contributed by atoms with Crippen molar-refractivity contribution in [2.24, 2.45) is 0 Å². The molecule has 0 bridgehead atoms. The molecule has 0 aliphatic rings. The highest BCUT2D eigenvalue weighted by Gasteiger charge is 2.09. The number of rotatable bonds is 5. The van der Waals surface area contributed by atoms with E-state index in [2.05, 4.69) is 10.6 Å². The predicted molar refractivity (Wildman–Crippen MR) is 72.7 cm³/mol. The van der Waals surface area contributed by atoms with E-state index in [1.165, 1.54) is 0 Å². The maximum absolute atomic E-state index is 11.6. The van der Waals surface area contributed by atoms with E-state index in [0.29, 0.717) is 10.7 Å². The molecule has 2 amide bonds. The van der Waals surface area contributed by atoms with Crippen LogP contribution in [0.1, 0.15) is 19.8 Å². The molecule has 1 aromatic carbocycles. The molecule has 2 N–H and O–H groups in total. The number of hydrogen-bond acceptors (Lipinski definition) is 2. The fraction of sp³-hybridized carbons (Fsp3) is 0.364. The Kier molecular flexibility index (Phi) is 6.09. The molecule has 17 heavy (non-hydrogen) atoms. The van der Waals surface area contributed by atoms with E-state index in [1.54, 1.807) is 24.3 Å². The molecule has 1 rings (SSSR count). The highest BCUT2D eigenvalue weighted by molar-refractivity contribution is 7.24. The van der Waals surface area contributed by atoms with E-state index in [0.717, 1.165) is 12.8 Å². The molecule has 6 heteroatoms. The second-order valence-corrected chi connectivity index (χ2v) is 5.15. The fourth-order valence-electron chi connectivity index (χ4n) is 1.35. The zero-order valence-corrected chi connectivity index (χ0v) is 11.5. The summed E-state index contributed by atoms with van der Waals surface area (Å²) in [6, 6.07) is 6.47. The van der Waals surface area contributed by atoms with Crippen LogP contribution < -0.4 is 10.6 Å². The molecule has 2 atom stereocenters. The maximum atomic E-state index is 11.6. The Hall–Kier alpha value is -0.990. The molecule has 0 saturated carbocycles. The molecule has 94 valence electrons. The SMILES string of the molecule is CCCC(NC(=O)Nc1ccc(Cl)cc1)[PH2]=O. The third-order valence-electron chi connectivity index (χ3n) is 2.18. The molecular weight excluding hydrogens is 259 g/mol. The maximum Gasteiger partial charge on any atom is 0.319 e. The van der Waals surface area contributed by atoms with Gasteiger partial charge in [0.25, 0.3) is 0 Å². The molecule has 0 spiro atoms. The first-order valence-corrected chi connectivity index (χ1v) is 6.95. The fourth-order valence-corrected chi connectivity index (χ4v) is 2.17. The number of hydrogen-bond donors (Lipinski definition) is 2. The van der Waals surface area contributed by atoms with Crippen LogP contribution in [-0.4, -0.2) is 11.8 Å². The minimum atomic E-state index is -1.00. The molecule has 0 aliphatic heterocycles. The van der Waals surface area contributed by atoms with Gasteiger partial charge in [0.2, 0.25) is 0 Å². The van der Waals surface area contributed by atoms with Crippen LogP contribution in [0, 0.1) is 0 Å². The van der Waals surface area contributed by atoms with Crippen molar-refractivity contribution in [1.82, 2.24) is 5.32 Å². The predicted octanol–water partition coefficient (Wildman–Crippen LogP) is 3.34. The van der Waals surface area contributed by atoms with Gasteiger partial charge < -0.3 is 15.2 Å². The summed E-state index contributed by atoms with van der Waals surface area (Å²) in [5.74, 6) is -0.229. The first kappa shape index (κ1) is 14.1. The molecular formula is C11H16ClN2O2P. The van der Waals surface area contributed by atoms with Gasteiger partial charge in [0.15, 0.2) is 0 Å². The molecule has 1 aromatic rings. The number of amides is 2. The molecule has 2 unspecified atom stereocenters. The van der Waals surface area contributed by atoms with Gasteiger partial charge in [-0.15, -0.1) is 0 Å². The first-order valence-electron chi connectivity index (χ1n) is 5.44. The van der Waals surface area contributed by atoms with Crippen LogP contribution in [0.25, 0.3) is 0 Å². The average Bonchev–Trinajstić information content (AvgIpc) is 2.31. The van der Waals surface area contributed by atoms with Crippen LogP contribution in [0.5, 0.6) is 0 Å². The number of nitrogens with one attached hydrogen (secondary N) is 2. The van der Waals surface area contributed by atoms with E-state index in [-0.39, 0.29) is 11.8 Å². The average molecular weight is 275 g/mol. The summed E-state index contributed by atoms with van der Waals surface area (Å²) in [6.45, 7) is 1.99. The van der Waals surface area contributed by atoms with Crippen LogP contribution in [-0.2, 0) is 4.57 Å². The lowest BCUT2D eigenvalue weighted by atomic mass is 10.3. The lowest BCUT2D eigenvalue weighted by Crippen LogP contribution is -2.34. The van der Waals surface area contributed by atoms with Gasteiger partial charge in [-0.2, -0.15) is 0 Å². The molecule has 0 aromatic heterocycles. The second-order valence-electron chi connectivity index (χ2n) is 3.64. The lowest BCUT2D eigenvalue weighted by molar-refractivity contribution is 0.251. The van der Waals surface area contributed by atoms with Crippen LogP contribution in [0.2, 0.25) is 5.02 Å². The Bertz CT molecular complexity index is 384. The van der Waals surface area contributed by atoms with E-state index in [9.17, 15) is 9.36 Å². The van der Waals surface area contributed by atoms with Gasteiger partial charge in [-0.05, 0) is 30.7 Å². The van der Waals surface area contributed by atoms with Crippen LogP contribution in [0.4, 0.5) is 10.5 Å². The Labute approximate surface area is 107 Å². The molecule has 0 fully saturated rings. The van der Waals surface area contributed by atoms with E-state index < -0.39 is 8.46 Å². The highest BCUT2D eigenvalue weighted by atomic mass is 35.5. The zero-order valence-electron chi connectivity index (χ0n) is 9.57. The largest absolute Gasteiger partial charge is 0.329 e. The van der Waals surface area contributed by atoms with Crippen molar-refractivity contribution in [3.8, 4) is 0 Å². The van der Waals surface area contributed by atoms with Gasteiger partial charge in [0.1, 0.15) is 0 Å². The Morgan fingerprint density at radius 1 is 1.41 bits per heavy atom. The summed E-state index contributed by atoms with van der Waals surface area (Å²) >= 11 is 5.73. The molecule has 0 heterocycles. The highest BCUT2D eigenvalue weighted by Crippen LogP contribution is 2.14. The Morgan fingerprint density at radius 2 is 2.06 bits per heavy atom. The smallest absolute Gasteiger partial charge is 0.319 e. The third kappa shape index (κ3) is 5.24. The lowest BCUT2D eigenvalue weighted by Gasteiger charge is -2.13. The monoisotopic (exact) mass is 274 g/mol. The van der Waals surface area contributed by atoms with Crippen molar-refractivity contribution in [3.63, 3.8) is 0 Å². The van der Waals surface area contributed by atoms with E-state index in [1.807, 2.05) is 6.92 Å².